The molecule has 2 rings (SSSR count). The first-order chi connectivity index (χ1) is 11.7. The first-order valence-corrected chi connectivity index (χ1v) is 7.21. The van der Waals surface area contributed by atoms with Crippen molar-refractivity contribution in [1.29, 1.82) is 5.26 Å². The van der Waals surface area contributed by atoms with Crippen LogP contribution in [0.25, 0.3) is 0 Å². The molecule has 0 aliphatic rings. The molecule has 0 bridgehead atoms. The van der Waals surface area contributed by atoms with Crippen LogP contribution in [-0.4, -0.2) is 24.0 Å². The highest BCUT2D eigenvalue weighted by atomic mass is 16.6. The molecule has 0 saturated heterocycles. The van der Waals surface area contributed by atoms with Crippen LogP contribution < -0.4 is 5.32 Å². The number of carbonyl (C=O) groups is 2. The van der Waals surface area contributed by atoms with Gasteiger partial charge in [-0.1, -0.05) is 65.8 Å². The van der Waals surface area contributed by atoms with E-state index in [2.05, 4.69) is 10.5 Å². The number of nitrogens with zero attached hydrogens (tertiary/aromatic N) is 2. The minimum absolute atomic E-state index is 0.267. The number of nitrogens with one attached hydrogen (secondary N) is 1. The van der Waals surface area contributed by atoms with E-state index < -0.39 is 11.6 Å². The highest BCUT2D eigenvalue weighted by Crippen LogP contribution is 2.01. The second-order valence-electron chi connectivity index (χ2n) is 4.78. The summed E-state index contributed by atoms with van der Waals surface area (Å²) in [7, 11) is 0. The maximum absolute atomic E-state index is 11.9. The molecule has 2 aromatic rings. The van der Waals surface area contributed by atoms with Gasteiger partial charge in [0.15, 0.2) is 6.61 Å². The van der Waals surface area contributed by atoms with E-state index in [-0.39, 0.29) is 18.9 Å². The standard InChI is InChI=1S/C18H15N3O3/c19-11-16(18(23)20-12-14-7-3-1-4-8-14)21-24-13-17(22)15-9-5-2-6-10-15/h1-10H,12-13H2,(H,20,23)/b21-16+. The zero-order valence-corrected chi connectivity index (χ0v) is 12.8. The van der Waals surface area contributed by atoms with Crippen molar-refractivity contribution in [2.45, 2.75) is 6.54 Å². The van der Waals surface area contributed by atoms with Crippen molar-refractivity contribution in [1.82, 2.24) is 5.32 Å². The molecule has 1 amide bonds. The van der Waals surface area contributed by atoms with E-state index >= 15 is 0 Å². The third-order valence-electron chi connectivity index (χ3n) is 3.06. The monoisotopic (exact) mass is 321 g/mol. The van der Waals surface area contributed by atoms with E-state index in [1.807, 2.05) is 30.3 Å². The Kier molecular flexibility index (Phi) is 6.24. The van der Waals surface area contributed by atoms with Gasteiger partial charge in [0.05, 0.1) is 0 Å². The SMILES string of the molecule is N#C/C(=N\OCC(=O)c1ccccc1)C(=O)NCc1ccccc1. The van der Waals surface area contributed by atoms with Gasteiger partial charge in [0.2, 0.25) is 11.5 Å². The van der Waals surface area contributed by atoms with Crippen LogP contribution >= 0.6 is 0 Å². The molecule has 1 N–H and O–H groups in total. The summed E-state index contributed by atoms with van der Waals surface area (Å²) in [6, 6.07) is 19.4. The van der Waals surface area contributed by atoms with Gasteiger partial charge in [-0.3, -0.25) is 9.59 Å². The summed E-state index contributed by atoms with van der Waals surface area (Å²) in [6.45, 7) is -0.0789. The van der Waals surface area contributed by atoms with Crippen molar-refractivity contribution in [2.24, 2.45) is 5.16 Å². The molecule has 0 heterocycles. The number of nitriles is 1. The van der Waals surface area contributed by atoms with E-state index in [4.69, 9.17) is 10.1 Å². The Hall–Kier alpha value is -3.46. The van der Waals surface area contributed by atoms with E-state index in [9.17, 15) is 9.59 Å². The Bertz CT molecular complexity index is 765. The third kappa shape index (κ3) is 5.07. The quantitative estimate of drug-likeness (QED) is 0.480. The number of Topliss-reactive ketones (excluding diaryl/α,β-unsaturated/α-hetero) is 1. The predicted molar refractivity (Wildman–Crippen MR) is 88.1 cm³/mol. The highest BCUT2D eigenvalue weighted by molar-refractivity contribution is 6.45. The van der Waals surface area contributed by atoms with Crippen LogP contribution in [0.3, 0.4) is 0 Å². The maximum Gasteiger partial charge on any atom is 0.284 e. The fraction of sp³-hybridized carbons (Fsp3) is 0.111. The summed E-state index contributed by atoms with van der Waals surface area (Å²) in [5.41, 5.74) is 0.926. The molecule has 0 saturated carbocycles. The molecule has 0 atom stereocenters. The fourth-order valence-electron chi connectivity index (χ4n) is 1.84. The summed E-state index contributed by atoms with van der Waals surface area (Å²) in [4.78, 5) is 28.5. The minimum atomic E-state index is -0.659. The molecule has 2 aromatic carbocycles. The molecule has 6 heteroatoms. The molecule has 0 aliphatic heterocycles. The van der Waals surface area contributed by atoms with Crippen molar-refractivity contribution in [3.63, 3.8) is 0 Å². The lowest BCUT2D eigenvalue weighted by molar-refractivity contribution is -0.115. The number of benzene rings is 2. The van der Waals surface area contributed by atoms with Crippen LogP contribution in [0.4, 0.5) is 0 Å². The molecular formula is C18H15N3O3. The van der Waals surface area contributed by atoms with Gasteiger partial charge in [-0.05, 0) is 5.56 Å². The van der Waals surface area contributed by atoms with Gasteiger partial charge in [0, 0.05) is 12.1 Å². The molecule has 0 radical (unpaired) electrons. The number of ketones is 1. The molecule has 0 aromatic heterocycles. The van der Waals surface area contributed by atoms with Crippen molar-refractivity contribution in [2.75, 3.05) is 6.61 Å². The Morgan fingerprint density at radius 2 is 1.67 bits per heavy atom. The smallest absolute Gasteiger partial charge is 0.284 e. The molecule has 120 valence electrons. The Labute approximate surface area is 139 Å². The normalized spacial score (nSPS) is 10.5. The molecule has 0 spiro atoms. The van der Waals surface area contributed by atoms with E-state index in [1.54, 1.807) is 36.4 Å². The van der Waals surface area contributed by atoms with Crippen LogP contribution in [0.5, 0.6) is 0 Å². The lowest BCUT2D eigenvalue weighted by atomic mass is 10.1. The Morgan fingerprint density at radius 1 is 1.04 bits per heavy atom. The summed E-state index contributed by atoms with van der Waals surface area (Å²) in [5.74, 6) is -0.949. The summed E-state index contributed by atoms with van der Waals surface area (Å²) in [6.07, 6.45) is 0. The van der Waals surface area contributed by atoms with Crippen LogP contribution in [0.15, 0.2) is 65.8 Å². The van der Waals surface area contributed by atoms with E-state index in [0.29, 0.717) is 5.56 Å². The number of hydrogen-bond donors (Lipinski definition) is 1. The van der Waals surface area contributed by atoms with Crippen LogP contribution in [0.2, 0.25) is 0 Å². The highest BCUT2D eigenvalue weighted by Gasteiger charge is 2.12. The Morgan fingerprint density at radius 3 is 2.29 bits per heavy atom. The van der Waals surface area contributed by atoms with Crippen LogP contribution in [0, 0.1) is 11.3 Å². The first kappa shape index (κ1) is 16.9. The Balaban J connectivity index is 1.86. The number of carbonyl (C=O) groups excluding carboxylic acids is 2. The minimum Gasteiger partial charge on any atom is -0.386 e. The van der Waals surface area contributed by atoms with Gasteiger partial charge in [0.25, 0.3) is 5.91 Å². The second kappa shape index (κ2) is 8.86. The maximum atomic E-state index is 11.9. The largest absolute Gasteiger partial charge is 0.386 e. The van der Waals surface area contributed by atoms with Gasteiger partial charge in [-0.15, -0.1) is 0 Å². The molecule has 0 aliphatic carbocycles. The predicted octanol–water partition coefficient (Wildman–Crippen LogP) is 2.08. The van der Waals surface area contributed by atoms with Gasteiger partial charge in [0.1, 0.15) is 6.07 Å². The van der Waals surface area contributed by atoms with E-state index in [1.165, 1.54) is 0 Å². The van der Waals surface area contributed by atoms with Gasteiger partial charge in [-0.25, -0.2) is 0 Å². The van der Waals surface area contributed by atoms with E-state index in [0.717, 1.165) is 5.56 Å². The summed E-state index contributed by atoms with van der Waals surface area (Å²) < 4.78 is 0. The van der Waals surface area contributed by atoms with Gasteiger partial charge in [-0.2, -0.15) is 5.26 Å². The van der Waals surface area contributed by atoms with Gasteiger partial charge < -0.3 is 10.2 Å². The van der Waals surface area contributed by atoms with Crippen molar-refractivity contribution >= 4 is 17.4 Å². The summed E-state index contributed by atoms with van der Waals surface area (Å²) >= 11 is 0. The second-order valence-corrected chi connectivity index (χ2v) is 4.78. The van der Waals surface area contributed by atoms with Crippen molar-refractivity contribution in [3.05, 3.63) is 71.8 Å². The van der Waals surface area contributed by atoms with Crippen molar-refractivity contribution < 1.29 is 14.4 Å². The molecule has 0 unspecified atom stereocenters. The van der Waals surface area contributed by atoms with Crippen molar-refractivity contribution in [3.8, 4) is 6.07 Å². The van der Waals surface area contributed by atoms with Crippen LogP contribution in [-0.2, 0) is 16.2 Å². The first-order valence-electron chi connectivity index (χ1n) is 7.21. The molecule has 24 heavy (non-hydrogen) atoms. The zero-order chi connectivity index (χ0) is 17.2. The van der Waals surface area contributed by atoms with Gasteiger partial charge >= 0.3 is 0 Å². The summed E-state index contributed by atoms with van der Waals surface area (Å²) in [5, 5.41) is 15.0. The number of amides is 1. The lowest BCUT2D eigenvalue weighted by Gasteiger charge is -2.04. The number of oxime groups is 1. The third-order valence-corrected chi connectivity index (χ3v) is 3.06. The fourth-order valence-corrected chi connectivity index (χ4v) is 1.84. The average Bonchev–Trinajstić information content (AvgIpc) is 2.64. The average molecular weight is 321 g/mol. The molecule has 6 nitrogen and oxygen atoms in total. The number of hydrogen-bond acceptors (Lipinski definition) is 5. The zero-order valence-electron chi connectivity index (χ0n) is 12.8. The van der Waals surface area contributed by atoms with Crippen LogP contribution in [0.1, 0.15) is 15.9 Å². The topological polar surface area (TPSA) is 91.5 Å². The molecule has 0 fully saturated rings. The lowest BCUT2D eigenvalue weighted by Crippen LogP contribution is -2.30. The number of rotatable bonds is 7. The molecular weight excluding hydrogens is 306 g/mol.